The Hall–Kier alpha value is -2.93. The summed E-state index contributed by atoms with van der Waals surface area (Å²) in [5.74, 6) is 0.392. The molecule has 2 aromatic carbocycles. The van der Waals surface area contributed by atoms with Gasteiger partial charge in [-0.1, -0.05) is 42.1 Å². The highest BCUT2D eigenvalue weighted by Crippen LogP contribution is 2.33. The van der Waals surface area contributed by atoms with E-state index >= 15 is 0 Å². The van der Waals surface area contributed by atoms with Gasteiger partial charge in [0.1, 0.15) is 0 Å². The Labute approximate surface area is 160 Å². The van der Waals surface area contributed by atoms with Gasteiger partial charge in [-0.15, -0.1) is 10.2 Å². The molecule has 1 amide bonds. The van der Waals surface area contributed by atoms with Crippen LogP contribution in [-0.2, 0) is 11.2 Å². The van der Waals surface area contributed by atoms with Crippen LogP contribution >= 0.6 is 11.8 Å². The van der Waals surface area contributed by atoms with Crippen LogP contribution < -0.4 is 5.32 Å². The molecule has 1 atom stereocenters. The van der Waals surface area contributed by atoms with Gasteiger partial charge < -0.3 is 9.73 Å². The molecule has 0 saturated heterocycles. The van der Waals surface area contributed by atoms with Crippen molar-refractivity contribution < 1.29 is 14.0 Å². The Bertz CT molecular complexity index is 1000. The number of Topliss-reactive ketones (excluding diaryl/α,β-unsaturated/α-hetero) is 1. The van der Waals surface area contributed by atoms with E-state index < -0.39 is 0 Å². The lowest BCUT2D eigenvalue weighted by molar-refractivity contribution is -0.116. The van der Waals surface area contributed by atoms with E-state index in [0.29, 0.717) is 23.1 Å². The van der Waals surface area contributed by atoms with Gasteiger partial charge in [0.25, 0.3) is 5.22 Å². The lowest BCUT2D eigenvalue weighted by Gasteiger charge is -2.04. The first kappa shape index (κ1) is 17.5. The monoisotopic (exact) mass is 379 g/mol. The van der Waals surface area contributed by atoms with Crippen molar-refractivity contribution in [3.05, 3.63) is 71.1 Å². The summed E-state index contributed by atoms with van der Waals surface area (Å²) >= 11 is 1.22. The number of carbonyl (C=O) groups is 2. The summed E-state index contributed by atoms with van der Waals surface area (Å²) < 4.78 is 5.61. The number of rotatable bonds is 6. The standard InChI is InChI=1S/C20H17N3O3S/c1-12-15-10-14(7-8-16(15)21-19(12)25)17(24)11-27-20-23-22-18(26-20)9-13-5-3-2-4-6-13/h2-8,10,12H,9,11H2,1H3,(H,21,25)/t12-/m1/s1. The number of nitrogens with zero attached hydrogens (tertiary/aromatic N) is 2. The van der Waals surface area contributed by atoms with Crippen molar-refractivity contribution in [2.75, 3.05) is 11.1 Å². The molecule has 1 aliphatic heterocycles. The molecule has 0 spiro atoms. The summed E-state index contributed by atoms with van der Waals surface area (Å²) in [6.07, 6.45) is 0.562. The molecule has 6 nitrogen and oxygen atoms in total. The van der Waals surface area contributed by atoms with E-state index in [-0.39, 0.29) is 23.4 Å². The van der Waals surface area contributed by atoms with E-state index in [0.717, 1.165) is 16.8 Å². The number of amides is 1. The molecule has 1 aromatic heterocycles. The lowest BCUT2D eigenvalue weighted by Crippen LogP contribution is -2.08. The molecule has 27 heavy (non-hydrogen) atoms. The molecule has 0 unspecified atom stereocenters. The highest BCUT2D eigenvalue weighted by molar-refractivity contribution is 7.99. The fourth-order valence-corrected chi connectivity index (χ4v) is 3.61. The molecule has 0 aliphatic carbocycles. The molecular weight excluding hydrogens is 362 g/mol. The van der Waals surface area contributed by atoms with Gasteiger partial charge >= 0.3 is 0 Å². The minimum absolute atomic E-state index is 0.0409. The number of ketones is 1. The third kappa shape index (κ3) is 3.78. The maximum absolute atomic E-state index is 12.5. The zero-order valence-corrected chi connectivity index (χ0v) is 15.5. The van der Waals surface area contributed by atoms with Crippen molar-refractivity contribution in [2.24, 2.45) is 0 Å². The Morgan fingerprint density at radius 1 is 1.19 bits per heavy atom. The summed E-state index contributed by atoms with van der Waals surface area (Å²) in [5, 5.41) is 11.2. The predicted octanol–water partition coefficient (Wildman–Crippen LogP) is 3.69. The zero-order valence-electron chi connectivity index (χ0n) is 14.6. The Balaban J connectivity index is 1.38. The first-order valence-corrected chi connectivity index (χ1v) is 9.56. The molecule has 2 heterocycles. The van der Waals surface area contributed by atoms with Crippen LogP contribution in [0.15, 0.2) is 58.2 Å². The van der Waals surface area contributed by atoms with Crippen LogP contribution in [0.4, 0.5) is 5.69 Å². The van der Waals surface area contributed by atoms with E-state index in [1.807, 2.05) is 37.3 Å². The molecule has 0 saturated carbocycles. The Morgan fingerprint density at radius 2 is 2.00 bits per heavy atom. The van der Waals surface area contributed by atoms with Crippen LogP contribution in [0.25, 0.3) is 0 Å². The Morgan fingerprint density at radius 3 is 2.81 bits per heavy atom. The Kier molecular flexibility index (Phi) is 4.77. The second kappa shape index (κ2) is 7.36. The summed E-state index contributed by atoms with van der Waals surface area (Å²) in [6.45, 7) is 1.83. The van der Waals surface area contributed by atoms with E-state index in [1.165, 1.54) is 11.8 Å². The molecule has 1 aliphatic rings. The van der Waals surface area contributed by atoms with Gasteiger partial charge in [0, 0.05) is 11.3 Å². The van der Waals surface area contributed by atoms with Crippen LogP contribution in [0.2, 0.25) is 0 Å². The number of aromatic nitrogens is 2. The topological polar surface area (TPSA) is 85.1 Å². The number of anilines is 1. The van der Waals surface area contributed by atoms with Crippen molar-refractivity contribution >= 4 is 29.1 Å². The van der Waals surface area contributed by atoms with Gasteiger partial charge in [-0.2, -0.15) is 0 Å². The molecule has 0 fully saturated rings. The summed E-state index contributed by atoms with van der Waals surface area (Å²) in [6, 6.07) is 15.2. The van der Waals surface area contributed by atoms with Crippen molar-refractivity contribution in [3.8, 4) is 0 Å². The van der Waals surface area contributed by atoms with Gasteiger partial charge in [0.2, 0.25) is 11.8 Å². The molecule has 0 radical (unpaired) electrons. The SMILES string of the molecule is C[C@H]1C(=O)Nc2ccc(C(=O)CSc3nnc(Cc4ccccc4)o3)cc21. The lowest BCUT2D eigenvalue weighted by atomic mass is 9.99. The van der Waals surface area contributed by atoms with Gasteiger partial charge in [0.05, 0.1) is 18.1 Å². The van der Waals surface area contributed by atoms with E-state index in [4.69, 9.17) is 4.42 Å². The molecule has 7 heteroatoms. The molecule has 1 N–H and O–H groups in total. The van der Waals surface area contributed by atoms with Crippen molar-refractivity contribution in [3.63, 3.8) is 0 Å². The van der Waals surface area contributed by atoms with Gasteiger partial charge in [0.15, 0.2) is 5.78 Å². The molecule has 0 bridgehead atoms. The van der Waals surface area contributed by atoms with Crippen LogP contribution in [0, 0.1) is 0 Å². The summed E-state index contributed by atoms with van der Waals surface area (Å²) in [5.41, 5.74) is 3.30. The predicted molar refractivity (Wildman–Crippen MR) is 102 cm³/mol. The summed E-state index contributed by atoms with van der Waals surface area (Å²) in [7, 11) is 0. The number of carbonyl (C=O) groups excluding carboxylic acids is 2. The van der Waals surface area contributed by atoms with Crippen molar-refractivity contribution in [1.82, 2.24) is 10.2 Å². The molecule has 136 valence electrons. The first-order chi connectivity index (χ1) is 13.1. The third-order valence-electron chi connectivity index (χ3n) is 4.46. The molecular formula is C20H17N3O3S. The number of thioether (sulfide) groups is 1. The molecule has 3 aromatic rings. The maximum Gasteiger partial charge on any atom is 0.277 e. The second-order valence-corrected chi connectivity index (χ2v) is 7.28. The fraction of sp³-hybridized carbons (Fsp3) is 0.200. The van der Waals surface area contributed by atoms with Gasteiger partial charge in [-0.05, 0) is 36.2 Å². The van der Waals surface area contributed by atoms with Crippen LogP contribution in [0.3, 0.4) is 0 Å². The zero-order chi connectivity index (χ0) is 18.8. The second-order valence-electron chi connectivity index (χ2n) is 6.35. The number of benzene rings is 2. The quantitative estimate of drug-likeness (QED) is 0.519. The normalized spacial score (nSPS) is 15.4. The first-order valence-electron chi connectivity index (χ1n) is 8.57. The van der Waals surface area contributed by atoms with E-state index in [9.17, 15) is 9.59 Å². The third-order valence-corrected chi connectivity index (χ3v) is 5.28. The van der Waals surface area contributed by atoms with Crippen LogP contribution in [0.5, 0.6) is 0 Å². The average molecular weight is 379 g/mol. The highest BCUT2D eigenvalue weighted by Gasteiger charge is 2.27. The largest absolute Gasteiger partial charge is 0.416 e. The highest BCUT2D eigenvalue weighted by atomic mass is 32.2. The number of fused-ring (bicyclic) bond motifs is 1. The number of nitrogens with one attached hydrogen (secondary N) is 1. The number of hydrogen-bond donors (Lipinski definition) is 1. The van der Waals surface area contributed by atoms with E-state index in [2.05, 4.69) is 15.5 Å². The van der Waals surface area contributed by atoms with Gasteiger partial charge in [-0.25, -0.2) is 0 Å². The minimum Gasteiger partial charge on any atom is -0.416 e. The van der Waals surface area contributed by atoms with Crippen molar-refractivity contribution in [2.45, 2.75) is 24.5 Å². The van der Waals surface area contributed by atoms with E-state index in [1.54, 1.807) is 18.2 Å². The molecule has 4 rings (SSSR count). The smallest absolute Gasteiger partial charge is 0.277 e. The van der Waals surface area contributed by atoms with Crippen molar-refractivity contribution in [1.29, 1.82) is 0 Å². The van der Waals surface area contributed by atoms with Crippen LogP contribution in [0.1, 0.15) is 40.2 Å². The fourth-order valence-electron chi connectivity index (χ4n) is 2.94. The number of hydrogen-bond acceptors (Lipinski definition) is 6. The minimum atomic E-state index is -0.239. The summed E-state index contributed by atoms with van der Waals surface area (Å²) in [4.78, 5) is 24.2. The average Bonchev–Trinajstić information content (AvgIpc) is 3.24. The van der Waals surface area contributed by atoms with Gasteiger partial charge in [-0.3, -0.25) is 9.59 Å². The maximum atomic E-state index is 12.5. The van der Waals surface area contributed by atoms with Crippen LogP contribution in [-0.4, -0.2) is 27.6 Å².